The maximum absolute atomic E-state index is 2.43. The van der Waals surface area contributed by atoms with Crippen molar-refractivity contribution >= 4 is 0 Å². The van der Waals surface area contributed by atoms with E-state index in [0.717, 1.165) is 47.3 Å². The molecule has 0 unspecified atom stereocenters. The Morgan fingerprint density at radius 1 is 0.343 bits per heavy atom. The summed E-state index contributed by atoms with van der Waals surface area (Å²) in [6.07, 6.45) is 29.0. The van der Waals surface area contributed by atoms with Gasteiger partial charge in [0.15, 0.2) is 0 Å². The number of rotatable bonds is 5. The molecule has 0 atom stereocenters. The van der Waals surface area contributed by atoms with Crippen molar-refractivity contribution in [1.82, 2.24) is 0 Å². The second-order valence-corrected chi connectivity index (χ2v) is 13.1. The molecule has 0 saturated heterocycles. The first-order chi connectivity index (χ1) is 15.0. The first-order valence-electron chi connectivity index (χ1n) is 15.0. The molecule has 4 rings (SSSR count). The quantitative estimate of drug-likeness (QED) is 0.356. The molecule has 4 fully saturated rings. The van der Waals surface area contributed by atoms with E-state index in [0.29, 0.717) is 0 Å². The summed E-state index contributed by atoms with van der Waals surface area (Å²) in [5, 5.41) is 0. The minimum Gasteiger partial charge on any atom is -0.0776 e. The highest BCUT2D eigenvalue weighted by atomic mass is 14.3. The Bertz CT molecular complexity index is 415. The highest BCUT2D eigenvalue weighted by Gasteiger charge is 2.26. The van der Waals surface area contributed by atoms with Gasteiger partial charge in [0.1, 0.15) is 0 Å². The van der Waals surface area contributed by atoms with Crippen LogP contribution >= 0.6 is 0 Å². The molecule has 4 saturated carbocycles. The molecule has 4 aliphatic carbocycles. The van der Waals surface area contributed by atoms with E-state index in [-0.39, 0.29) is 29.7 Å². The van der Waals surface area contributed by atoms with Crippen LogP contribution in [-0.2, 0) is 0 Å². The van der Waals surface area contributed by atoms with Gasteiger partial charge in [-0.15, -0.1) is 0 Å². The predicted molar refractivity (Wildman–Crippen MR) is 165 cm³/mol. The molecule has 0 nitrogen and oxygen atoms in total. The van der Waals surface area contributed by atoms with Crippen LogP contribution in [0.25, 0.3) is 0 Å². The van der Waals surface area contributed by atoms with E-state index in [2.05, 4.69) is 27.7 Å². The van der Waals surface area contributed by atoms with Crippen LogP contribution < -0.4 is 0 Å². The molecule has 0 heterocycles. The summed E-state index contributed by atoms with van der Waals surface area (Å²) in [5.41, 5.74) is 0. The van der Waals surface area contributed by atoms with E-state index in [4.69, 9.17) is 0 Å². The SMILES string of the molecule is C.C.C.C.CC1CCC(CC2CCC(C)CC2)CC1.CCC1CCC(CC2CCC(C)CC2)CC1. The van der Waals surface area contributed by atoms with Gasteiger partial charge in [0, 0.05) is 0 Å². The molecule has 0 aliphatic heterocycles. The summed E-state index contributed by atoms with van der Waals surface area (Å²) < 4.78 is 0. The van der Waals surface area contributed by atoms with Gasteiger partial charge < -0.3 is 0 Å². The van der Waals surface area contributed by atoms with Crippen molar-refractivity contribution < 1.29 is 0 Å². The van der Waals surface area contributed by atoms with Crippen LogP contribution in [0.4, 0.5) is 0 Å². The second kappa shape index (κ2) is 20.0. The third kappa shape index (κ3) is 13.9. The Morgan fingerprint density at radius 2 is 0.543 bits per heavy atom. The Hall–Kier alpha value is 0. The average molecular weight is 495 g/mol. The van der Waals surface area contributed by atoms with Gasteiger partial charge in [-0.2, -0.15) is 0 Å². The monoisotopic (exact) mass is 495 g/mol. The summed E-state index contributed by atoms with van der Waals surface area (Å²) in [7, 11) is 0. The second-order valence-electron chi connectivity index (χ2n) is 13.1. The Balaban J connectivity index is 0. The van der Waals surface area contributed by atoms with Crippen LogP contribution in [0.3, 0.4) is 0 Å². The molecule has 0 radical (unpaired) electrons. The summed E-state index contributed by atoms with van der Waals surface area (Å²) in [6, 6.07) is 0. The van der Waals surface area contributed by atoms with Crippen LogP contribution in [0.5, 0.6) is 0 Å². The van der Waals surface area contributed by atoms with E-state index in [1.54, 1.807) is 25.7 Å². The molecule has 4 aliphatic rings. The summed E-state index contributed by atoms with van der Waals surface area (Å²) in [6.45, 7) is 9.66. The van der Waals surface area contributed by atoms with Gasteiger partial charge in [0.2, 0.25) is 0 Å². The molecule has 214 valence electrons. The molecule has 0 heteroatoms. The molecule has 0 bridgehead atoms. The lowest BCUT2D eigenvalue weighted by molar-refractivity contribution is 0.194. The van der Waals surface area contributed by atoms with E-state index >= 15 is 0 Å². The summed E-state index contributed by atoms with van der Waals surface area (Å²) in [5.74, 6) is 8.52. The first-order valence-corrected chi connectivity index (χ1v) is 15.0. The standard InChI is InChI=1S/C16H30.C15H28.4CH4/c1-3-14-8-10-16(11-9-14)12-15-6-4-13(2)5-7-15;1-12-3-7-14(8-4-12)11-15-9-5-13(2)6-10-15;;;;/h13-16H,3-12H2,1-2H3;12-15H,3-11H2,1-2H3;4*1H4. The minimum absolute atomic E-state index is 0. The Morgan fingerprint density at radius 3 is 0.771 bits per heavy atom. The highest BCUT2D eigenvalue weighted by Crippen LogP contribution is 2.39. The summed E-state index contributed by atoms with van der Waals surface area (Å²) in [4.78, 5) is 0. The molecule has 0 aromatic carbocycles. The van der Waals surface area contributed by atoms with E-state index in [1.807, 2.05) is 0 Å². The lowest BCUT2D eigenvalue weighted by Crippen LogP contribution is -2.20. The zero-order valence-electron chi connectivity index (χ0n) is 22.1. The minimum atomic E-state index is 0. The van der Waals surface area contributed by atoms with Crippen molar-refractivity contribution in [2.24, 2.45) is 47.3 Å². The van der Waals surface area contributed by atoms with Gasteiger partial charge in [-0.05, 0) is 60.2 Å². The van der Waals surface area contributed by atoms with Gasteiger partial charge in [0.05, 0.1) is 0 Å². The lowest BCUT2D eigenvalue weighted by Gasteiger charge is -2.33. The first kappa shape index (κ1) is 37.2. The van der Waals surface area contributed by atoms with Gasteiger partial charge in [-0.3, -0.25) is 0 Å². The largest absolute Gasteiger partial charge is 0.0776 e. The van der Waals surface area contributed by atoms with Gasteiger partial charge in [-0.25, -0.2) is 0 Å². The zero-order chi connectivity index (χ0) is 22.1. The van der Waals surface area contributed by atoms with Crippen molar-refractivity contribution in [3.63, 3.8) is 0 Å². The van der Waals surface area contributed by atoms with Gasteiger partial charge in [0.25, 0.3) is 0 Å². The van der Waals surface area contributed by atoms with Crippen LogP contribution in [-0.4, -0.2) is 0 Å². The molecule has 0 spiro atoms. The normalized spacial score (nSPS) is 37.0. The topological polar surface area (TPSA) is 0 Å². The lowest BCUT2D eigenvalue weighted by atomic mass is 9.73. The van der Waals surface area contributed by atoms with Crippen molar-refractivity contribution in [3.8, 4) is 0 Å². The molecular weight excluding hydrogens is 420 g/mol. The fourth-order valence-electron chi connectivity index (χ4n) is 7.51. The van der Waals surface area contributed by atoms with Crippen molar-refractivity contribution in [3.05, 3.63) is 0 Å². The van der Waals surface area contributed by atoms with Crippen LogP contribution in [0.15, 0.2) is 0 Å². The zero-order valence-corrected chi connectivity index (χ0v) is 22.1. The third-order valence-corrected chi connectivity index (χ3v) is 10.3. The number of hydrogen-bond acceptors (Lipinski definition) is 0. The van der Waals surface area contributed by atoms with Gasteiger partial charge >= 0.3 is 0 Å². The molecular formula is C35H74. The molecule has 0 aromatic rings. The molecule has 0 N–H and O–H groups in total. The van der Waals surface area contributed by atoms with Crippen molar-refractivity contribution in [2.75, 3.05) is 0 Å². The van der Waals surface area contributed by atoms with Crippen molar-refractivity contribution in [2.45, 2.75) is 179 Å². The number of hydrogen-bond donors (Lipinski definition) is 0. The third-order valence-electron chi connectivity index (χ3n) is 10.3. The van der Waals surface area contributed by atoms with Crippen LogP contribution in [0.1, 0.15) is 179 Å². The predicted octanol–water partition coefficient (Wildman–Crippen LogP) is 13.0. The maximum atomic E-state index is 2.43. The molecule has 0 amide bonds. The van der Waals surface area contributed by atoms with E-state index in [1.165, 1.54) is 96.3 Å². The highest BCUT2D eigenvalue weighted by molar-refractivity contribution is 4.78. The van der Waals surface area contributed by atoms with Crippen molar-refractivity contribution in [1.29, 1.82) is 0 Å². The van der Waals surface area contributed by atoms with E-state index in [9.17, 15) is 0 Å². The molecule has 0 aromatic heterocycles. The maximum Gasteiger partial charge on any atom is -0.0411 e. The van der Waals surface area contributed by atoms with Crippen LogP contribution in [0, 0.1) is 47.3 Å². The average Bonchev–Trinajstić information content (AvgIpc) is 2.79. The Labute approximate surface area is 226 Å². The molecule has 35 heavy (non-hydrogen) atoms. The Kier molecular flexibility index (Phi) is 21.3. The van der Waals surface area contributed by atoms with E-state index < -0.39 is 0 Å². The summed E-state index contributed by atoms with van der Waals surface area (Å²) >= 11 is 0. The smallest absolute Gasteiger partial charge is 0.0411 e. The fourth-order valence-corrected chi connectivity index (χ4v) is 7.51. The fraction of sp³-hybridized carbons (Fsp3) is 1.00. The van der Waals surface area contributed by atoms with Gasteiger partial charge in [-0.1, -0.05) is 167 Å². The van der Waals surface area contributed by atoms with Crippen LogP contribution in [0.2, 0.25) is 0 Å².